The summed E-state index contributed by atoms with van der Waals surface area (Å²) in [5, 5.41) is 6.36. The van der Waals surface area contributed by atoms with E-state index in [1.165, 1.54) is 18.4 Å². The molecule has 0 radical (unpaired) electrons. The maximum absolute atomic E-state index is 11.4. The van der Waals surface area contributed by atoms with Crippen molar-refractivity contribution in [3.63, 3.8) is 0 Å². The number of hydrogen-bond acceptors (Lipinski definition) is 4. The first kappa shape index (κ1) is 11.7. The van der Waals surface area contributed by atoms with E-state index in [4.69, 9.17) is 0 Å². The minimum atomic E-state index is -0.250. The quantitative estimate of drug-likeness (QED) is 0.611. The molecule has 1 N–H and O–H groups in total. The van der Waals surface area contributed by atoms with Crippen molar-refractivity contribution in [2.75, 3.05) is 13.7 Å². The summed E-state index contributed by atoms with van der Waals surface area (Å²) in [6.07, 6.45) is 0.933. The third-order valence-electron chi connectivity index (χ3n) is 1.85. The van der Waals surface area contributed by atoms with Gasteiger partial charge in [-0.15, -0.1) is 0 Å². The minimum Gasteiger partial charge on any atom is -0.469 e. The Morgan fingerprint density at radius 3 is 2.93 bits per heavy atom. The summed E-state index contributed by atoms with van der Waals surface area (Å²) in [5.74, 6) is -0.346. The van der Waals surface area contributed by atoms with Crippen LogP contribution in [0.4, 0.5) is 0 Å². The normalized spacial score (nSPS) is 9.67. The van der Waals surface area contributed by atoms with Gasteiger partial charge in [-0.25, -0.2) is 0 Å². The molecule has 0 aromatic carbocycles. The zero-order valence-electron chi connectivity index (χ0n) is 8.49. The second kappa shape index (κ2) is 6.19. The van der Waals surface area contributed by atoms with Gasteiger partial charge in [-0.1, -0.05) is 0 Å². The Hall–Kier alpha value is -1.36. The van der Waals surface area contributed by atoms with Crippen LogP contribution in [0.5, 0.6) is 0 Å². The van der Waals surface area contributed by atoms with Gasteiger partial charge in [-0.2, -0.15) is 11.3 Å². The lowest BCUT2D eigenvalue weighted by Crippen LogP contribution is -2.24. The van der Waals surface area contributed by atoms with E-state index in [1.807, 2.05) is 5.38 Å². The van der Waals surface area contributed by atoms with Gasteiger partial charge in [0.1, 0.15) is 0 Å². The molecular formula is C10H13NO3S. The fourth-order valence-electron chi connectivity index (χ4n) is 1.03. The second-order valence-corrected chi connectivity index (χ2v) is 3.73. The van der Waals surface area contributed by atoms with Gasteiger partial charge in [-0.05, 0) is 17.9 Å². The Balaban J connectivity index is 2.16. The van der Waals surface area contributed by atoms with Crippen LogP contribution in [-0.2, 0) is 9.53 Å². The number of nitrogens with one attached hydrogen (secondary N) is 1. The Morgan fingerprint density at radius 1 is 1.53 bits per heavy atom. The van der Waals surface area contributed by atoms with Crippen molar-refractivity contribution in [2.24, 2.45) is 0 Å². The van der Waals surface area contributed by atoms with E-state index < -0.39 is 0 Å². The average Bonchev–Trinajstić information content (AvgIpc) is 2.77. The van der Waals surface area contributed by atoms with Crippen molar-refractivity contribution in [3.8, 4) is 0 Å². The van der Waals surface area contributed by atoms with Crippen LogP contribution in [0.25, 0.3) is 0 Å². The van der Waals surface area contributed by atoms with Gasteiger partial charge in [0.15, 0.2) is 0 Å². The highest BCUT2D eigenvalue weighted by atomic mass is 32.1. The van der Waals surface area contributed by atoms with Crippen molar-refractivity contribution < 1.29 is 14.3 Å². The highest BCUT2D eigenvalue weighted by Gasteiger charge is 2.05. The largest absolute Gasteiger partial charge is 0.469 e. The van der Waals surface area contributed by atoms with Gasteiger partial charge in [0, 0.05) is 23.9 Å². The lowest BCUT2D eigenvalue weighted by atomic mass is 10.3. The molecule has 15 heavy (non-hydrogen) atoms. The third-order valence-corrected chi connectivity index (χ3v) is 2.54. The maximum atomic E-state index is 11.4. The first-order chi connectivity index (χ1) is 7.24. The summed E-state index contributed by atoms with van der Waals surface area (Å²) in [7, 11) is 1.35. The highest BCUT2D eigenvalue weighted by molar-refractivity contribution is 7.08. The summed E-state index contributed by atoms with van der Waals surface area (Å²) in [6.45, 7) is 0.490. The molecule has 4 nitrogen and oxygen atoms in total. The van der Waals surface area contributed by atoms with Crippen LogP contribution < -0.4 is 5.32 Å². The van der Waals surface area contributed by atoms with E-state index in [0.717, 1.165) is 0 Å². The highest BCUT2D eigenvalue weighted by Crippen LogP contribution is 2.05. The topological polar surface area (TPSA) is 55.4 Å². The fourth-order valence-corrected chi connectivity index (χ4v) is 1.67. The number of thiophene rings is 1. The molecule has 0 aliphatic rings. The number of ether oxygens (including phenoxy) is 1. The maximum Gasteiger partial charge on any atom is 0.305 e. The van der Waals surface area contributed by atoms with Crippen LogP contribution in [0.2, 0.25) is 0 Å². The van der Waals surface area contributed by atoms with Crippen LogP contribution in [-0.4, -0.2) is 25.5 Å². The lowest BCUT2D eigenvalue weighted by molar-refractivity contribution is -0.140. The van der Waals surface area contributed by atoms with Gasteiger partial charge in [-0.3, -0.25) is 9.59 Å². The number of carbonyl (C=O) groups is 2. The lowest BCUT2D eigenvalue weighted by Gasteiger charge is -2.02. The van der Waals surface area contributed by atoms with E-state index in [9.17, 15) is 9.59 Å². The number of methoxy groups -OCH3 is 1. The van der Waals surface area contributed by atoms with Crippen LogP contribution in [0.15, 0.2) is 16.8 Å². The van der Waals surface area contributed by atoms with Crippen molar-refractivity contribution in [2.45, 2.75) is 12.8 Å². The molecule has 0 aliphatic carbocycles. The van der Waals surface area contributed by atoms with E-state index in [2.05, 4.69) is 10.1 Å². The summed E-state index contributed by atoms with van der Waals surface area (Å²) < 4.78 is 4.48. The minimum absolute atomic E-state index is 0.0962. The Labute approximate surface area is 92.2 Å². The molecule has 0 atom stereocenters. The molecule has 0 aliphatic heterocycles. The van der Waals surface area contributed by atoms with Gasteiger partial charge in [0.05, 0.1) is 7.11 Å². The fraction of sp³-hybridized carbons (Fsp3) is 0.400. The molecule has 0 unspecified atom stereocenters. The van der Waals surface area contributed by atoms with Crippen LogP contribution >= 0.6 is 11.3 Å². The van der Waals surface area contributed by atoms with Crippen molar-refractivity contribution in [1.82, 2.24) is 5.32 Å². The summed E-state index contributed by atoms with van der Waals surface area (Å²) >= 11 is 1.48. The first-order valence-corrected chi connectivity index (χ1v) is 5.55. The summed E-state index contributed by atoms with van der Waals surface area (Å²) in [6, 6.07) is 1.76. The Bertz CT molecular complexity index is 321. The molecule has 0 bridgehead atoms. The number of carbonyl (C=O) groups excluding carboxylic acids is 2. The smallest absolute Gasteiger partial charge is 0.305 e. The average molecular weight is 227 g/mol. The molecule has 5 heteroatoms. The van der Waals surface area contributed by atoms with Gasteiger partial charge in [0.2, 0.25) is 0 Å². The van der Waals surface area contributed by atoms with Gasteiger partial charge < -0.3 is 10.1 Å². The molecule has 0 saturated carbocycles. The number of rotatable bonds is 5. The number of hydrogen-bond donors (Lipinski definition) is 1. The molecule has 1 amide bonds. The molecule has 1 aromatic rings. The Kier molecular flexibility index (Phi) is 4.83. The molecule has 0 fully saturated rings. The summed E-state index contributed by atoms with van der Waals surface area (Å²) in [5.41, 5.74) is 0.665. The SMILES string of the molecule is COC(=O)CCCNC(=O)c1ccsc1. The molecular weight excluding hydrogens is 214 g/mol. The van der Waals surface area contributed by atoms with Crippen molar-refractivity contribution in [3.05, 3.63) is 22.4 Å². The van der Waals surface area contributed by atoms with E-state index >= 15 is 0 Å². The number of esters is 1. The number of amides is 1. The van der Waals surface area contributed by atoms with Crippen LogP contribution in [0, 0.1) is 0 Å². The van der Waals surface area contributed by atoms with E-state index in [1.54, 1.807) is 11.4 Å². The predicted octanol–water partition coefficient (Wildman–Crippen LogP) is 1.43. The van der Waals surface area contributed by atoms with Crippen LogP contribution in [0.3, 0.4) is 0 Å². The van der Waals surface area contributed by atoms with Crippen molar-refractivity contribution in [1.29, 1.82) is 0 Å². The molecule has 82 valence electrons. The zero-order chi connectivity index (χ0) is 11.1. The Morgan fingerprint density at radius 2 is 2.33 bits per heavy atom. The van der Waals surface area contributed by atoms with E-state index in [-0.39, 0.29) is 11.9 Å². The van der Waals surface area contributed by atoms with Crippen LogP contribution in [0.1, 0.15) is 23.2 Å². The zero-order valence-corrected chi connectivity index (χ0v) is 9.30. The van der Waals surface area contributed by atoms with Gasteiger partial charge in [0.25, 0.3) is 5.91 Å². The van der Waals surface area contributed by atoms with E-state index in [0.29, 0.717) is 24.9 Å². The second-order valence-electron chi connectivity index (χ2n) is 2.95. The summed E-state index contributed by atoms with van der Waals surface area (Å²) in [4.78, 5) is 22.2. The standard InChI is InChI=1S/C10H13NO3S/c1-14-9(12)3-2-5-11-10(13)8-4-6-15-7-8/h4,6-7H,2-3,5H2,1H3,(H,11,13). The third kappa shape index (κ3) is 4.12. The molecule has 1 heterocycles. The molecule has 0 saturated heterocycles. The molecule has 0 spiro atoms. The molecule has 1 rings (SSSR count). The predicted molar refractivity (Wildman–Crippen MR) is 57.9 cm³/mol. The van der Waals surface area contributed by atoms with Gasteiger partial charge >= 0.3 is 5.97 Å². The van der Waals surface area contributed by atoms with Crippen molar-refractivity contribution >= 4 is 23.2 Å². The first-order valence-electron chi connectivity index (χ1n) is 4.61. The molecule has 1 aromatic heterocycles. The monoisotopic (exact) mass is 227 g/mol.